The summed E-state index contributed by atoms with van der Waals surface area (Å²) < 4.78 is 12.1. The number of esters is 1. The SMILES string of the molecule is CCOC(=O)c1ccc(OCc2cc(=O)n3cc(C)ccc3n2)cc1. The maximum Gasteiger partial charge on any atom is 0.338 e. The number of pyridine rings is 1. The Kier molecular flexibility index (Phi) is 4.79. The van der Waals surface area contributed by atoms with Gasteiger partial charge in [0.2, 0.25) is 0 Å². The molecule has 3 aromatic rings. The highest BCUT2D eigenvalue weighted by atomic mass is 16.5. The third-order valence-electron chi connectivity index (χ3n) is 3.61. The van der Waals surface area contributed by atoms with Crippen molar-refractivity contribution in [2.24, 2.45) is 0 Å². The van der Waals surface area contributed by atoms with Crippen LogP contribution in [0.25, 0.3) is 5.65 Å². The maximum atomic E-state index is 12.2. The molecule has 0 fully saturated rings. The van der Waals surface area contributed by atoms with Crippen molar-refractivity contribution in [1.29, 1.82) is 0 Å². The maximum absolute atomic E-state index is 12.2. The van der Waals surface area contributed by atoms with E-state index in [4.69, 9.17) is 9.47 Å². The molecule has 0 saturated carbocycles. The number of benzene rings is 1. The van der Waals surface area contributed by atoms with E-state index >= 15 is 0 Å². The number of ether oxygens (including phenoxy) is 2. The molecular formula is C19H18N2O4. The molecule has 0 bridgehead atoms. The smallest absolute Gasteiger partial charge is 0.338 e. The lowest BCUT2D eigenvalue weighted by Gasteiger charge is -2.08. The number of aryl methyl sites for hydroxylation is 1. The van der Waals surface area contributed by atoms with Crippen LogP contribution in [-0.4, -0.2) is 22.0 Å². The second kappa shape index (κ2) is 7.17. The Morgan fingerprint density at radius 1 is 1.16 bits per heavy atom. The Hall–Kier alpha value is -3.15. The molecule has 1 aromatic carbocycles. The Morgan fingerprint density at radius 2 is 1.92 bits per heavy atom. The predicted octanol–water partition coefficient (Wildman–Crippen LogP) is 2.76. The van der Waals surface area contributed by atoms with Gasteiger partial charge in [0, 0.05) is 12.3 Å². The fourth-order valence-electron chi connectivity index (χ4n) is 2.39. The molecule has 0 aliphatic carbocycles. The van der Waals surface area contributed by atoms with E-state index in [0.717, 1.165) is 5.56 Å². The number of carbonyl (C=O) groups excluding carboxylic acids is 1. The van der Waals surface area contributed by atoms with Crippen molar-refractivity contribution in [3.8, 4) is 5.75 Å². The number of nitrogens with zero attached hydrogens (tertiary/aromatic N) is 2. The topological polar surface area (TPSA) is 69.9 Å². The summed E-state index contributed by atoms with van der Waals surface area (Å²) in [7, 11) is 0. The standard InChI is InChI=1S/C19H18N2O4/c1-3-24-19(23)14-5-7-16(8-6-14)25-12-15-10-18(22)21-11-13(2)4-9-17(21)20-15/h4-11H,3,12H2,1-2H3. The highest BCUT2D eigenvalue weighted by Gasteiger charge is 2.07. The summed E-state index contributed by atoms with van der Waals surface area (Å²) in [6, 6.07) is 11.8. The Bertz CT molecular complexity index is 961. The van der Waals surface area contributed by atoms with E-state index < -0.39 is 0 Å². The highest BCUT2D eigenvalue weighted by molar-refractivity contribution is 5.89. The van der Waals surface area contributed by atoms with Crippen molar-refractivity contribution in [3.63, 3.8) is 0 Å². The number of carbonyl (C=O) groups is 1. The van der Waals surface area contributed by atoms with Crippen molar-refractivity contribution >= 4 is 11.6 Å². The van der Waals surface area contributed by atoms with Crippen LogP contribution in [0.2, 0.25) is 0 Å². The molecule has 2 aromatic heterocycles. The minimum Gasteiger partial charge on any atom is -0.487 e. The van der Waals surface area contributed by atoms with Gasteiger partial charge in [-0.15, -0.1) is 0 Å². The largest absolute Gasteiger partial charge is 0.487 e. The Morgan fingerprint density at radius 3 is 2.64 bits per heavy atom. The molecule has 0 aliphatic heterocycles. The third kappa shape index (κ3) is 3.85. The van der Waals surface area contributed by atoms with Gasteiger partial charge in [-0.05, 0) is 49.7 Å². The summed E-state index contributed by atoms with van der Waals surface area (Å²) in [6.07, 6.45) is 1.75. The second-order valence-electron chi connectivity index (χ2n) is 5.55. The van der Waals surface area contributed by atoms with Crippen LogP contribution in [0.3, 0.4) is 0 Å². The molecule has 6 heteroatoms. The Balaban J connectivity index is 1.73. The molecule has 0 aliphatic rings. The number of rotatable bonds is 5. The molecule has 0 N–H and O–H groups in total. The van der Waals surface area contributed by atoms with Crippen molar-refractivity contribution in [3.05, 3.63) is 75.8 Å². The second-order valence-corrected chi connectivity index (χ2v) is 5.55. The first kappa shape index (κ1) is 16.7. The van der Waals surface area contributed by atoms with Crippen LogP contribution >= 0.6 is 0 Å². The van der Waals surface area contributed by atoms with Crippen LogP contribution in [0.5, 0.6) is 5.75 Å². The van der Waals surface area contributed by atoms with Crippen molar-refractivity contribution in [2.45, 2.75) is 20.5 Å². The molecule has 0 atom stereocenters. The van der Waals surface area contributed by atoms with E-state index in [2.05, 4.69) is 4.98 Å². The lowest BCUT2D eigenvalue weighted by Crippen LogP contribution is -2.16. The first-order chi connectivity index (χ1) is 12.1. The lowest BCUT2D eigenvalue weighted by molar-refractivity contribution is 0.0526. The van der Waals surface area contributed by atoms with Crippen LogP contribution in [0.1, 0.15) is 28.5 Å². The van der Waals surface area contributed by atoms with Gasteiger partial charge >= 0.3 is 5.97 Å². The minimum atomic E-state index is -0.367. The molecular weight excluding hydrogens is 320 g/mol. The predicted molar refractivity (Wildman–Crippen MR) is 92.9 cm³/mol. The fourth-order valence-corrected chi connectivity index (χ4v) is 2.39. The lowest BCUT2D eigenvalue weighted by atomic mass is 10.2. The summed E-state index contributed by atoms with van der Waals surface area (Å²) in [5.41, 5.74) is 2.43. The van der Waals surface area contributed by atoms with Crippen LogP contribution in [0, 0.1) is 6.92 Å². The number of hydrogen-bond acceptors (Lipinski definition) is 5. The van der Waals surface area contributed by atoms with Gasteiger partial charge in [-0.25, -0.2) is 9.78 Å². The van der Waals surface area contributed by atoms with Gasteiger partial charge in [0.15, 0.2) is 0 Å². The average Bonchev–Trinajstić information content (AvgIpc) is 2.61. The normalized spacial score (nSPS) is 10.6. The molecule has 3 rings (SSSR count). The summed E-state index contributed by atoms with van der Waals surface area (Å²) in [6.45, 7) is 4.18. The van der Waals surface area contributed by atoms with E-state index in [-0.39, 0.29) is 18.1 Å². The van der Waals surface area contributed by atoms with E-state index in [0.29, 0.717) is 29.3 Å². The third-order valence-corrected chi connectivity index (χ3v) is 3.61. The summed E-state index contributed by atoms with van der Waals surface area (Å²) in [4.78, 5) is 28.2. The summed E-state index contributed by atoms with van der Waals surface area (Å²) in [5.74, 6) is 0.215. The van der Waals surface area contributed by atoms with Gasteiger partial charge in [0.25, 0.3) is 5.56 Å². The van der Waals surface area contributed by atoms with Gasteiger partial charge in [-0.1, -0.05) is 6.07 Å². The first-order valence-electron chi connectivity index (χ1n) is 7.96. The fraction of sp³-hybridized carbons (Fsp3) is 0.211. The van der Waals surface area contributed by atoms with Gasteiger partial charge in [0.05, 0.1) is 17.9 Å². The number of fused-ring (bicyclic) bond motifs is 1. The van der Waals surface area contributed by atoms with E-state index in [1.807, 2.05) is 13.0 Å². The first-order valence-corrected chi connectivity index (χ1v) is 7.96. The molecule has 6 nitrogen and oxygen atoms in total. The molecule has 0 amide bonds. The minimum absolute atomic E-state index is 0.148. The van der Waals surface area contributed by atoms with Crippen molar-refractivity contribution in [1.82, 2.24) is 9.38 Å². The molecule has 0 saturated heterocycles. The van der Waals surface area contributed by atoms with Gasteiger partial charge in [-0.3, -0.25) is 9.20 Å². The van der Waals surface area contributed by atoms with E-state index in [1.54, 1.807) is 43.5 Å². The zero-order valence-corrected chi connectivity index (χ0v) is 14.1. The van der Waals surface area contributed by atoms with E-state index in [9.17, 15) is 9.59 Å². The Labute approximate surface area is 144 Å². The molecule has 0 unspecified atom stereocenters. The summed E-state index contributed by atoms with van der Waals surface area (Å²) in [5, 5.41) is 0. The van der Waals surface area contributed by atoms with Gasteiger partial charge < -0.3 is 9.47 Å². The molecule has 2 heterocycles. The van der Waals surface area contributed by atoms with E-state index in [1.165, 1.54) is 10.5 Å². The van der Waals surface area contributed by atoms with Crippen LogP contribution in [0.15, 0.2) is 53.5 Å². The van der Waals surface area contributed by atoms with Crippen molar-refractivity contribution < 1.29 is 14.3 Å². The number of aromatic nitrogens is 2. The molecule has 128 valence electrons. The van der Waals surface area contributed by atoms with Crippen LogP contribution < -0.4 is 10.3 Å². The zero-order chi connectivity index (χ0) is 17.8. The van der Waals surface area contributed by atoms with Crippen LogP contribution in [-0.2, 0) is 11.3 Å². The molecule has 25 heavy (non-hydrogen) atoms. The van der Waals surface area contributed by atoms with Crippen LogP contribution in [0.4, 0.5) is 0 Å². The van der Waals surface area contributed by atoms with Gasteiger partial charge in [-0.2, -0.15) is 0 Å². The van der Waals surface area contributed by atoms with Gasteiger partial charge in [0.1, 0.15) is 18.0 Å². The number of hydrogen-bond donors (Lipinski definition) is 0. The van der Waals surface area contributed by atoms with Crippen molar-refractivity contribution in [2.75, 3.05) is 6.61 Å². The molecule has 0 spiro atoms. The quantitative estimate of drug-likeness (QED) is 0.669. The highest BCUT2D eigenvalue weighted by Crippen LogP contribution is 2.14. The summed E-state index contributed by atoms with van der Waals surface area (Å²) >= 11 is 0. The average molecular weight is 338 g/mol. The molecule has 0 radical (unpaired) electrons. The monoisotopic (exact) mass is 338 g/mol. The zero-order valence-electron chi connectivity index (χ0n) is 14.1.